The summed E-state index contributed by atoms with van der Waals surface area (Å²) < 4.78 is 5.05. The number of hydrogen-bond acceptors (Lipinski definition) is 2. The molecule has 12 heavy (non-hydrogen) atoms. The van der Waals surface area contributed by atoms with Crippen LogP contribution in [0, 0.1) is 0 Å². The second-order valence-electron chi connectivity index (χ2n) is 3.22. The van der Waals surface area contributed by atoms with Crippen molar-refractivity contribution < 1.29 is 9.53 Å². The second-order valence-corrected chi connectivity index (χ2v) is 3.22. The zero-order chi connectivity index (χ0) is 8.39. The van der Waals surface area contributed by atoms with Crippen molar-refractivity contribution in [3.05, 3.63) is 23.5 Å². The summed E-state index contributed by atoms with van der Waals surface area (Å²) in [5.41, 5.74) is 1.23. The summed E-state index contributed by atoms with van der Waals surface area (Å²) in [6, 6.07) is 0. The Labute approximate surface area is 71.9 Å². The topological polar surface area (TPSA) is 26.3 Å². The summed E-state index contributed by atoms with van der Waals surface area (Å²) >= 11 is 0. The van der Waals surface area contributed by atoms with Crippen LogP contribution in [0.3, 0.4) is 0 Å². The summed E-state index contributed by atoms with van der Waals surface area (Å²) in [6.45, 7) is 0. The van der Waals surface area contributed by atoms with Gasteiger partial charge in [0.15, 0.2) is 0 Å². The van der Waals surface area contributed by atoms with Gasteiger partial charge in [0.2, 0.25) is 0 Å². The molecule has 0 saturated heterocycles. The largest absolute Gasteiger partial charge is 0.426 e. The van der Waals surface area contributed by atoms with Crippen LogP contribution in [0.4, 0.5) is 0 Å². The Morgan fingerprint density at radius 3 is 2.75 bits per heavy atom. The average molecular weight is 164 g/mol. The minimum absolute atomic E-state index is 0.114. The van der Waals surface area contributed by atoms with E-state index in [0.717, 1.165) is 18.6 Å². The fourth-order valence-electron chi connectivity index (χ4n) is 1.64. The molecule has 1 aliphatic heterocycles. The van der Waals surface area contributed by atoms with Gasteiger partial charge in [-0.25, -0.2) is 0 Å². The Bertz CT molecular complexity index is 255. The van der Waals surface area contributed by atoms with Gasteiger partial charge in [0.05, 0.1) is 6.42 Å². The van der Waals surface area contributed by atoms with Crippen LogP contribution in [-0.2, 0) is 9.53 Å². The van der Waals surface area contributed by atoms with Crippen LogP contribution in [0.25, 0.3) is 0 Å². The molecule has 0 unspecified atom stereocenters. The highest BCUT2D eigenvalue weighted by atomic mass is 16.5. The van der Waals surface area contributed by atoms with Crippen LogP contribution in [0.1, 0.15) is 32.1 Å². The van der Waals surface area contributed by atoms with Crippen molar-refractivity contribution in [2.75, 3.05) is 0 Å². The van der Waals surface area contributed by atoms with Gasteiger partial charge in [-0.3, -0.25) is 4.79 Å². The predicted octanol–water partition coefficient (Wildman–Crippen LogP) is 2.32. The fourth-order valence-corrected chi connectivity index (χ4v) is 1.64. The molecule has 2 nitrogen and oxygen atoms in total. The smallest absolute Gasteiger partial charge is 0.315 e. The monoisotopic (exact) mass is 164 g/mol. The van der Waals surface area contributed by atoms with Crippen LogP contribution in [0.2, 0.25) is 0 Å². The molecule has 0 atom stereocenters. The number of carbonyl (C=O) groups is 1. The lowest BCUT2D eigenvalue weighted by molar-refractivity contribution is -0.136. The fraction of sp³-hybridized carbons (Fsp3) is 0.500. The normalized spacial score (nSPS) is 23.2. The summed E-state index contributed by atoms with van der Waals surface area (Å²) in [5, 5.41) is 0. The summed E-state index contributed by atoms with van der Waals surface area (Å²) in [4.78, 5) is 10.8. The third-order valence-corrected chi connectivity index (χ3v) is 2.29. The molecule has 2 rings (SSSR count). The molecule has 1 heterocycles. The highest BCUT2D eigenvalue weighted by molar-refractivity contribution is 5.76. The van der Waals surface area contributed by atoms with E-state index in [1.54, 1.807) is 0 Å². The first kappa shape index (κ1) is 7.59. The average Bonchev–Trinajstić information content (AvgIpc) is 2.54. The Kier molecular flexibility index (Phi) is 1.98. The van der Waals surface area contributed by atoms with E-state index >= 15 is 0 Å². The maximum absolute atomic E-state index is 10.8. The van der Waals surface area contributed by atoms with Gasteiger partial charge >= 0.3 is 5.97 Å². The predicted molar refractivity (Wildman–Crippen MR) is 45.3 cm³/mol. The van der Waals surface area contributed by atoms with Crippen molar-refractivity contribution in [1.82, 2.24) is 0 Å². The standard InChI is InChI=1S/C10H12O2/c11-10-7-6-9(12-10)8-4-2-1-3-5-8/h4,6H,1-3,5,7H2. The first-order valence-electron chi connectivity index (χ1n) is 4.46. The van der Waals surface area contributed by atoms with Crippen LogP contribution in [-0.4, -0.2) is 5.97 Å². The molecule has 0 N–H and O–H groups in total. The Hall–Kier alpha value is -1.05. The molecule has 0 aromatic carbocycles. The van der Waals surface area contributed by atoms with E-state index in [0.29, 0.717) is 6.42 Å². The molecule has 0 radical (unpaired) electrons. The summed E-state index contributed by atoms with van der Waals surface area (Å²) in [7, 11) is 0. The molecule has 0 saturated carbocycles. The van der Waals surface area contributed by atoms with Crippen LogP contribution in [0.15, 0.2) is 23.5 Å². The van der Waals surface area contributed by atoms with Gasteiger partial charge in [-0.05, 0) is 37.3 Å². The molecule has 0 aromatic rings. The molecule has 2 aliphatic rings. The molecule has 1 aliphatic carbocycles. The van der Waals surface area contributed by atoms with Gasteiger partial charge in [0.25, 0.3) is 0 Å². The van der Waals surface area contributed by atoms with Crippen LogP contribution < -0.4 is 0 Å². The SMILES string of the molecule is O=C1CC=C(C2=CCCCC2)O1. The molecule has 0 spiro atoms. The maximum Gasteiger partial charge on any atom is 0.315 e. The number of cyclic esters (lactones) is 1. The molecule has 64 valence electrons. The lowest BCUT2D eigenvalue weighted by Gasteiger charge is -2.12. The molecule has 0 bridgehead atoms. The van der Waals surface area contributed by atoms with Gasteiger partial charge in [0.1, 0.15) is 5.76 Å². The van der Waals surface area contributed by atoms with Crippen molar-refractivity contribution in [3.63, 3.8) is 0 Å². The molecule has 0 aromatic heterocycles. The number of esters is 1. The lowest BCUT2D eigenvalue weighted by atomic mass is 9.98. The Morgan fingerprint density at radius 1 is 1.25 bits per heavy atom. The van der Waals surface area contributed by atoms with E-state index in [4.69, 9.17) is 4.74 Å². The van der Waals surface area contributed by atoms with Gasteiger partial charge in [-0.15, -0.1) is 0 Å². The zero-order valence-electron chi connectivity index (χ0n) is 7.01. The van der Waals surface area contributed by atoms with Crippen LogP contribution in [0.5, 0.6) is 0 Å². The first-order chi connectivity index (χ1) is 5.86. The minimum atomic E-state index is -0.114. The van der Waals surface area contributed by atoms with Crippen molar-refractivity contribution >= 4 is 5.97 Å². The Morgan fingerprint density at radius 2 is 2.17 bits per heavy atom. The number of rotatable bonds is 1. The van der Waals surface area contributed by atoms with E-state index < -0.39 is 0 Å². The lowest BCUT2D eigenvalue weighted by Crippen LogP contribution is -1.99. The maximum atomic E-state index is 10.8. The number of hydrogen-bond donors (Lipinski definition) is 0. The highest BCUT2D eigenvalue weighted by Crippen LogP contribution is 2.27. The van der Waals surface area contributed by atoms with Crippen molar-refractivity contribution in [2.45, 2.75) is 32.1 Å². The third-order valence-electron chi connectivity index (χ3n) is 2.29. The van der Waals surface area contributed by atoms with Gasteiger partial charge in [-0.2, -0.15) is 0 Å². The number of allylic oxidation sites excluding steroid dienone is 2. The van der Waals surface area contributed by atoms with Crippen LogP contribution >= 0.6 is 0 Å². The van der Waals surface area contributed by atoms with Gasteiger partial charge in [0, 0.05) is 0 Å². The summed E-state index contributed by atoms with van der Waals surface area (Å²) in [5.74, 6) is 0.705. The quantitative estimate of drug-likeness (QED) is 0.556. The van der Waals surface area contributed by atoms with E-state index in [1.165, 1.54) is 18.4 Å². The first-order valence-corrected chi connectivity index (χ1v) is 4.46. The zero-order valence-corrected chi connectivity index (χ0v) is 7.01. The molecule has 0 amide bonds. The number of ether oxygens (including phenoxy) is 1. The molecule has 0 fully saturated rings. The van der Waals surface area contributed by atoms with E-state index in [9.17, 15) is 4.79 Å². The van der Waals surface area contributed by atoms with E-state index in [-0.39, 0.29) is 5.97 Å². The summed E-state index contributed by atoms with van der Waals surface area (Å²) in [6.07, 6.45) is 9.22. The molecular weight excluding hydrogens is 152 g/mol. The number of carbonyl (C=O) groups excluding carboxylic acids is 1. The minimum Gasteiger partial charge on any atom is -0.426 e. The van der Waals surface area contributed by atoms with Gasteiger partial charge in [-0.1, -0.05) is 6.08 Å². The molecule has 2 heteroatoms. The second kappa shape index (κ2) is 3.13. The van der Waals surface area contributed by atoms with Crippen molar-refractivity contribution in [2.24, 2.45) is 0 Å². The highest BCUT2D eigenvalue weighted by Gasteiger charge is 2.18. The van der Waals surface area contributed by atoms with Gasteiger partial charge < -0.3 is 4.74 Å². The Balaban J connectivity index is 2.09. The molecular formula is C10H12O2. The van der Waals surface area contributed by atoms with E-state index in [2.05, 4.69) is 6.08 Å². The van der Waals surface area contributed by atoms with Crippen molar-refractivity contribution in [3.8, 4) is 0 Å². The third kappa shape index (κ3) is 1.42. The van der Waals surface area contributed by atoms with Crippen molar-refractivity contribution in [1.29, 1.82) is 0 Å². The van der Waals surface area contributed by atoms with E-state index in [1.807, 2.05) is 6.08 Å².